The smallest absolute Gasteiger partial charge is 0.225 e. The van der Waals surface area contributed by atoms with E-state index in [0.29, 0.717) is 18.2 Å². The van der Waals surface area contributed by atoms with Crippen LogP contribution in [0.5, 0.6) is 0 Å². The molecule has 0 aliphatic rings. The maximum atomic E-state index is 5.88. The van der Waals surface area contributed by atoms with E-state index in [9.17, 15) is 0 Å². The van der Waals surface area contributed by atoms with Crippen molar-refractivity contribution in [1.82, 2.24) is 24.7 Å². The Morgan fingerprint density at radius 1 is 1.44 bits per heavy atom. The van der Waals surface area contributed by atoms with Gasteiger partial charge in [-0.2, -0.15) is 5.10 Å². The third-order valence-electron chi connectivity index (χ3n) is 2.36. The number of thiophene rings is 1. The number of fused-ring (bicyclic) bond motifs is 1. The molecule has 3 rings (SSSR count). The molecule has 3 aromatic rings. The Balaban J connectivity index is 1.87. The Bertz CT molecular complexity index is 691. The second kappa shape index (κ2) is 4.51. The summed E-state index contributed by atoms with van der Waals surface area (Å²) in [7, 11) is 1.83. The van der Waals surface area contributed by atoms with Gasteiger partial charge in [-0.25, -0.2) is 15.0 Å². The number of rotatable bonds is 3. The second-order valence-corrected chi connectivity index (χ2v) is 4.90. The molecule has 92 valence electrons. The molecule has 6 nitrogen and oxygen atoms in total. The van der Waals surface area contributed by atoms with Crippen molar-refractivity contribution < 1.29 is 0 Å². The summed E-state index contributed by atoms with van der Waals surface area (Å²) in [4.78, 5) is 13.3. The van der Waals surface area contributed by atoms with Crippen molar-refractivity contribution in [1.29, 1.82) is 0 Å². The number of nitrogens with one attached hydrogen (secondary N) is 1. The first-order chi connectivity index (χ1) is 8.72. The van der Waals surface area contributed by atoms with Crippen molar-refractivity contribution >= 4 is 39.0 Å². The van der Waals surface area contributed by atoms with Crippen LogP contribution in [0.2, 0.25) is 5.28 Å². The highest BCUT2D eigenvalue weighted by atomic mass is 35.5. The molecular formula is C10H9ClN6S. The van der Waals surface area contributed by atoms with Crippen LogP contribution in [0, 0.1) is 0 Å². The second-order valence-electron chi connectivity index (χ2n) is 3.67. The Hall–Kier alpha value is -1.73. The standard InChI is InChI=1S/C10H9ClN6S/c1-17-5-13-7(16-17)4-12-8-6-2-3-18-9(6)15-10(11)14-8/h2-3,5H,4H2,1H3,(H,12,14,15). The minimum absolute atomic E-state index is 0.237. The van der Waals surface area contributed by atoms with Gasteiger partial charge in [-0.15, -0.1) is 11.3 Å². The third kappa shape index (κ3) is 2.14. The molecule has 0 spiro atoms. The highest BCUT2D eigenvalue weighted by molar-refractivity contribution is 7.16. The van der Waals surface area contributed by atoms with Gasteiger partial charge in [0.1, 0.15) is 17.0 Å². The van der Waals surface area contributed by atoms with Crippen molar-refractivity contribution in [3.8, 4) is 0 Å². The summed E-state index contributed by atoms with van der Waals surface area (Å²) in [5.74, 6) is 1.41. The predicted molar refractivity (Wildman–Crippen MR) is 70.8 cm³/mol. The lowest BCUT2D eigenvalue weighted by molar-refractivity contribution is 0.747. The van der Waals surface area contributed by atoms with E-state index < -0.39 is 0 Å². The van der Waals surface area contributed by atoms with Crippen LogP contribution in [0.25, 0.3) is 10.2 Å². The molecule has 0 fully saturated rings. The van der Waals surface area contributed by atoms with Crippen molar-refractivity contribution in [3.05, 3.63) is 28.9 Å². The van der Waals surface area contributed by atoms with E-state index in [-0.39, 0.29) is 5.28 Å². The number of nitrogens with zero attached hydrogens (tertiary/aromatic N) is 5. The van der Waals surface area contributed by atoms with Gasteiger partial charge < -0.3 is 5.32 Å². The van der Waals surface area contributed by atoms with Crippen molar-refractivity contribution in [2.45, 2.75) is 6.54 Å². The molecule has 0 atom stereocenters. The van der Waals surface area contributed by atoms with Gasteiger partial charge in [0.25, 0.3) is 0 Å². The molecule has 3 heterocycles. The van der Waals surface area contributed by atoms with Crippen molar-refractivity contribution in [3.63, 3.8) is 0 Å². The molecule has 0 amide bonds. The molecule has 0 bridgehead atoms. The van der Waals surface area contributed by atoms with E-state index in [4.69, 9.17) is 11.6 Å². The van der Waals surface area contributed by atoms with Gasteiger partial charge >= 0.3 is 0 Å². The van der Waals surface area contributed by atoms with Crippen LogP contribution < -0.4 is 5.32 Å². The van der Waals surface area contributed by atoms with Crippen LogP contribution in [0.4, 0.5) is 5.82 Å². The van der Waals surface area contributed by atoms with Crippen LogP contribution in [0.15, 0.2) is 17.8 Å². The Kier molecular flexibility index (Phi) is 2.85. The maximum Gasteiger partial charge on any atom is 0.225 e. The van der Waals surface area contributed by atoms with Crippen LogP contribution >= 0.6 is 22.9 Å². The van der Waals surface area contributed by atoms with Crippen LogP contribution in [-0.2, 0) is 13.6 Å². The Morgan fingerprint density at radius 2 is 2.33 bits per heavy atom. The van der Waals surface area contributed by atoms with E-state index in [0.717, 1.165) is 10.2 Å². The summed E-state index contributed by atoms with van der Waals surface area (Å²) >= 11 is 7.41. The topological polar surface area (TPSA) is 68.5 Å². The number of aromatic nitrogens is 5. The molecule has 0 unspecified atom stereocenters. The van der Waals surface area contributed by atoms with E-state index >= 15 is 0 Å². The molecule has 1 N–H and O–H groups in total. The number of aryl methyl sites for hydroxylation is 1. The quantitative estimate of drug-likeness (QED) is 0.744. The number of anilines is 1. The third-order valence-corrected chi connectivity index (χ3v) is 3.33. The minimum atomic E-state index is 0.237. The van der Waals surface area contributed by atoms with Crippen LogP contribution in [-0.4, -0.2) is 24.7 Å². The molecule has 0 aromatic carbocycles. The average Bonchev–Trinajstić information content (AvgIpc) is 2.94. The molecule has 8 heteroatoms. The van der Waals surface area contributed by atoms with E-state index in [1.165, 1.54) is 11.3 Å². The molecule has 0 aliphatic carbocycles. The molecule has 0 aliphatic heterocycles. The SMILES string of the molecule is Cn1cnc(CNc2nc(Cl)nc3sccc23)n1. The Labute approximate surface area is 112 Å². The first-order valence-corrected chi connectivity index (χ1v) is 6.47. The molecule has 3 aromatic heterocycles. The normalized spacial score (nSPS) is 11.0. The van der Waals surface area contributed by atoms with Gasteiger partial charge in [-0.3, -0.25) is 4.68 Å². The molecular weight excluding hydrogens is 272 g/mol. The van der Waals surface area contributed by atoms with E-state index in [2.05, 4.69) is 25.4 Å². The molecule has 0 radical (unpaired) electrons. The molecule has 0 saturated heterocycles. The largest absolute Gasteiger partial charge is 0.362 e. The fraction of sp³-hybridized carbons (Fsp3) is 0.200. The summed E-state index contributed by atoms with van der Waals surface area (Å²) in [6.45, 7) is 0.499. The van der Waals surface area contributed by atoms with Gasteiger partial charge in [0.05, 0.1) is 11.9 Å². The number of hydrogen-bond donors (Lipinski definition) is 1. The van der Waals surface area contributed by atoms with E-state index in [1.807, 2.05) is 18.5 Å². The zero-order valence-corrected chi connectivity index (χ0v) is 11.0. The van der Waals surface area contributed by atoms with Crippen molar-refractivity contribution in [2.24, 2.45) is 7.05 Å². The van der Waals surface area contributed by atoms with Gasteiger partial charge in [0, 0.05) is 7.05 Å². The fourth-order valence-corrected chi connectivity index (χ4v) is 2.57. The summed E-state index contributed by atoms with van der Waals surface area (Å²) in [6, 6.07) is 1.96. The first-order valence-electron chi connectivity index (χ1n) is 5.21. The lowest BCUT2D eigenvalue weighted by atomic mass is 10.4. The van der Waals surface area contributed by atoms with Gasteiger partial charge in [0.15, 0.2) is 5.82 Å². The summed E-state index contributed by atoms with van der Waals surface area (Å²) in [5, 5.41) is 10.5. The monoisotopic (exact) mass is 280 g/mol. The molecule has 0 saturated carbocycles. The van der Waals surface area contributed by atoms with Gasteiger partial charge in [-0.1, -0.05) is 0 Å². The van der Waals surface area contributed by atoms with Gasteiger partial charge in [-0.05, 0) is 23.0 Å². The summed E-state index contributed by atoms with van der Waals surface area (Å²) < 4.78 is 1.66. The van der Waals surface area contributed by atoms with E-state index in [1.54, 1.807) is 11.0 Å². The van der Waals surface area contributed by atoms with Crippen LogP contribution in [0.1, 0.15) is 5.82 Å². The number of halogens is 1. The maximum absolute atomic E-state index is 5.88. The summed E-state index contributed by atoms with van der Waals surface area (Å²) in [5.41, 5.74) is 0. The van der Waals surface area contributed by atoms with Gasteiger partial charge in [0.2, 0.25) is 5.28 Å². The lowest BCUT2D eigenvalue weighted by Crippen LogP contribution is -2.04. The number of hydrogen-bond acceptors (Lipinski definition) is 6. The van der Waals surface area contributed by atoms with Crippen molar-refractivity contribution in [2.75, 3.05) is 5.32 Å². The highest BCUT2D eigenvalue weighted by Gasteiger charge is 2.08. The zero-order valence-electron chi connectivity index (χ0n) is 9.46. The Morgan fingerprint density at radius 3 is 3.11 bits per heavy atom. The molecule has 18 heavy (non-hydrogen) atoms. The predicted octanol–water partition coefficient (Wildman–Crippen LogP) is 2.09. The zero-order chi connectivity index (χ0) is 12.5. The van der Waals surface area contributed by atoms with Crippen LogP contribution in [0.3, 0.4) is 0 Å². The highest BCUT2D eigenvalue weighted by Crippen LogP contribution is 2.26. The summed E-state index contributed by atoms with van der Waals surface area (Å²) in [6.07, 6.45) is 1.66. The lowest BCUT2D eigenvalue weighted by Gasteiger charge is -2.04. The fourth-order valence-electron chi connectivity index (χ4n) is 1.59. The first kappa shape index (κ1) is 11.4. The average molecular weight is 281 g/mol. The minimum Gasteiger partial charge on any atom is -0.362 e.